The summed E-state index contributed by atoms with van der Waals surface area (Å²) in [5.41, 5.74) is 0.849. The maximum absolute atomic E-state index is 12.3. The molecule has 2 heterocycles. The third-order valence-corrected chi connectivity index (χ3v) is 5.76. The normalized spacial score (nSPS) is 11.8. The van der Waals surface area contributed by atoms with E-state index >= 15 is 0 Å². The van der Waals surface area contributed by atoms with Gasteiger partial charge < -0.3 is 9.30 Å². The molecule has 23 heavy (non-hydrogen) atoms. The highest BCUT2D eigenvalue weighted by Crippen LogP contribution is 2.23. The minimum absolute atomic E-state index is 0.0146. The summed E-state index contributed by atoms with van der Waals surface area (Å²) in [5.74, 6) is -0.716. The number of carbonyl (C=O) groups is 2. The Kier molecular flexibility index (Phi) is 4.74. The van der Waals surface area contributed by atoms with Crippen LogP contribution in [0.15, 0.2) is 45.2 Å². The quantitative estimate of drug-likeness (QED) is 0.621. The predicted molar refractivity (Wildman–Crippen MR) is 93.7 cm³/mol. The number of thiazole rings is 1. The molecular weight excluding hydrogens is 400 g/mol. The lowest BCUT2D eigenvalue weighted by Crippen LogP contribution is -2.22. The van der Waals surface area contributed by atoms with Crippen LogP contribution in [0.5, 0.6) is 0 Å². The van der Waals surface area contributed by atoms with Gasteiger partial charge in [0.05, 0.1) is 26.0 Å². The number of esters is 1. The number of aromatic nitrogens is 1. The highest BCUT2D eigenvalue weighted by atomic mass is 79.9. The van der Waals surface area contributed by atoms with Crippen LogP contribution in [0, 0.1) is 0 Å². The van der Waals surface area contributed by atoms with E-state index in [2.05, 4.69) is 20.9 Å². The van der Waals surface area contributed by atoms with E-state index < -0.39 is 0 Å². The van der Waals surface area contributed by atoms with E-state index in [0.717, 1.165) is 14.0 Å². The van der Waals surface area contributed by atoms with Crippen LogP contribution in [0.3, 0.4) is 0 Å². The Bertz CT molecular complexity index is 955. The Labute approximate surface area is 148 Å². The zero-order chi connectivity index (χ0) is 16.4. The number of thiophene rings is 1. The first-order valence-electron chi connectivity index (χ1n) is 6.58. The molecule has 3 aromatic rings. The van der Waals surface area contributed by atoms with Crippen molar-refractivity contribution in [2.24, 2.45) is 4.99 Å². The van der Waals surface area contributed by atoms with Crippen molar-refractivity contribution in [3.05, 3.63) is 49.9 Å². The molecule has 0 fully saturated rings. The highest BCUT2D eigenvalue weighted by molar-refractivity contribution is 9.11. The molecule has 0 aliphatic rings. The maximum Gasteiger partial charge on any atom is 0.325 e. The molecule has 8 heteroatoms. The zero-order valence-corrected chi connectivity index (χ0v) is 15.2. The second-order valence-corrected chi connectivity index (χ2v) is 8.01. The minimum Gasteiger partial charge on any atom is -0.468 e. The summed E-state index contributed by atoms with van der Waals surface area (Å²) in [6.45, 7) is 0.0146. The molecule has 0 unspecified atom stereocenters. The van der Waals surface area contributed by atoms with Crippen LogP contribution in [0.1, 0.15) is 9.67 Å². The number of fused-ring (bicyclic) bond motifs is 1. The fourth-order valence-corrected chi connectivity index (χ4v) is 4.32. The number of nitrogens with zero attached hydrogens (tertiary/aromatic N) is 2. The monoisotopic (exact) mass is 410 g/mol. The third-order valence-electron chi connectivity index (χ3n) is 3.08. The molecule has 1 amide bonds. The number of carbonyl (C=O) groups excluding carboxylic acids is 2. The number of hydrogen-bond donors (Lipinski definition) is 0. The molecule has 0 aliphatic heterocycles. The van der Waals surface area contributed by atoms with Crippen molar-refractivity contribution in [1.82, 2.24) is 4.57 Å². The molecule has 0 bridgehead atoms. The number of halogens is 1. The summed E-state index contributed by atoms with van der Waals surface area (Å²) < 4.78 is 8.26. The Morgan fingerprint density at radius 3 is 2.70 bits per heavy atom. The van der Waals surface area contributed by atoms with E-state index in [0.29, 0.717) is 9.68 Å². The van der Waals surface area contributed by atoms with Gasteiger partial charge in [-0.3, -0.25) is 9.59 Å². The molecule has 0 saturated carbocycles. The van der Waals surface area contributed by atoms with Crippen molar-refractivity contribution in [2.45, 2.75) is 6.54 Å². The molecule has 0 atom stereocenters. The van der Waals surface area contributed by atoms with Crippen molar-refractivity contribution in [3.63, 3.8) is 0 Å². The average Bonchev–Trinajstić information content (AvgIpc) is 3.12. The highest BCUT2D eigenvalue weighted by Gasteiger charge is 2.13. The van der Waals surface area contributed by atoms with Crippen molar-refractivity contribution in [3.8, 4) is 0 Å². The van der Waals surface area contributed by atoms with Crippen LogP contribution in [-0.4, -0.2) is 23.6 Å². The minimum atomic E-state index is -0.388. The van der Waals surface area contributed by atoms with Crippen molar-refractivity contribution < 1.29 is 14.3 Å². The summed E-state index contributed by atoms with van der Waals surface area (Å²) in [5, 5.41) is 0. The number of ether oxygens (including phenoxy) is 1. The van der Waals surface area contributed by atoms with Gasteiger partial charge in [-0.15, -0.1) is 11.3 Å². The average molecular weight is 411 g/mol. The van der Waals surface area contributed by atoms with E-state index in [1.165, 1.54) is 29.8 Å². The number of hydrogen-bond acceptors (Lipinski definition) is 5. The van der Waals surface area contributed by atoms with Gasteiger partial charge in [0.1, 0.15) is 6.54 Å². The lowest BCUT2D eigenvalue weighted by molar-refractivity contribution is -0.141. The van der Waals surface area contributed by atoms with Crippen LogP contribution in [0.2, 0.25) is 0 Å². The van der Waals surface area contributed by atoms with Gasteiger partial charge in [-0.2, -0.15) is 4.99 Å². The fourth-order valence-electron chi connectivity index (χ4n) is 2.02. The maximum atomic E-state index is 12.3. The van der Waals surface area contributed by atoms with Crippen LogP contribution < -0.4 is 4.80 Å². The van der Waals surface area contributed by atoms with Crippen molar-refractivity contribution >= 4 is 60.7 Å². The van der Waals surface area contributed by atoms with Crippen molar-refractivity contribution in [1.29, 1.82) is 0 Å². The first-order chi connectivity index (χ1) is 11.1. The van der Waals surface area contributed by atoms with Gasteiger partial charge in [0.25, 0.3) is 5.91 Å². The standard InChI is InChI=1S/C15H11BrN2O3S2/c1-21-13(19)8-18-9-4-2-3-5-10(9)23-15(18)17-14(20)11-6-7-12(16)22-11/h2-7H,8H2,1H3. The Morgan fingerprint density at radius 2 is 2.00 bits per heavy atom. The predicted octanol–water partition coefficient (Wildman–Crippen LogP) is 3.44. The lowest BCUT2D eigenvalue weighted by Gasteiger charge is -2.03. The van der Waals surface area contributed by atoms with Gasteiger partial charge in [-0.25, -0.2) is 0 Å². The summed E-state index contributed by atoms with van der Waals surface area (Å²) in [7, 11) is 1.34. The van der Waals surface area contributed by atoms with Crippen LogP contribution in [0.25, 0.3) is 10.2 Å². The van der Waals surface area contributed by atoms with Gasteiger partial charge in [0.2, 0.25) is 0 Å². The number of rotatable bonds is 3. The fraction of sp³-hybridized carbons (Fsp3) is 0.133. The molecule has 3 rings (SSSR count). The van der Waals surface area contributed by atoms with Crippen LogP contribution >= 0.6 is 38.6 Å². The Balaban J connectivity index is 2.12. The first-order valence-corrected chi connectivity index (χ1v) is 9.00. The molecule has 0 spiro atoms. The van der Waals surface area contributed by atoms with Crippen molar-refractivity contribution in [2.75, 3.05) is 7.11 Å². The first kappa shape index (κ1) is 16.1. The Hall–Kier alpha value is -1.77. The van der Waals surface area contributed by atoms with Crippen LogP contribution in [0.4, 0.5) is 0 Å². The second kappa shape index (κ2) is 6.77. The zero-order valence-electron chi connectivity index (χ0n) is 12.0. The van der Waals surface area contributed by atoms with E-state index in [1.54, 1.807) is 16.7 Å². The Morgan fingerprint density at radius 1 is 1.22 bits per heavy atom. The third kappa shape index (κ3) is 3.44. The number of benzene rings is 1. The van der Waals surface area contributed by atoms with E-state index in [9.17, 15) is 9.59 Å². The summed E-state index contributed by atoms with van der Waals surface area (Å²) in [6, 6.07) is 11.1. The number of para-hydroxylation sites is 1. The smallest absolute Gasteiger partial charge is 0.325 e. The summed E-state index contributed by atoms with van der Waals surface area (Å²) >= 11 is 6.02. The molecule has 0 aliphatic carbocycles. The van der Waals surface area contributed by atoms with Gasteiger partial charge >= 0.3 is 5.97 Å². The van der Waals surface area contributed by atoms with E-state index in [1.807, 2.05) is 24.3 Å². The summed E-state index contributed by atoms with van der Waals surface area (Å²) in [4.78, 5) is 29.2. The van der Waals surface area contributed by atoms with Gasteiger partial charge in [-0.1, -0.05) is 23.5 Å². The molecule has 2 aromatic heterocycles. The largest absolute Gasteiger partial charge is 0.468 e. The molecule has 0 radical (unpaired) electrons. The van der Waals surface area contributed by atoms with E-state index in [-0.39, 0.29) is 18.4 Å². The molecule has 1 aromatic carbocycles. The molecule has 118 valence electrons. The van der Waals surface area contributed by atoms with Gasteiger partial charge in [0, 0.05) is 0 Å². The SMILES string of the molecule is COC(=O)Cn1c(=NC(=O)c2ccc(Br)s2)sc2ccccc21. The summed E-state index contributed by atoms with van der Waals surface area (Å²) in [6.07, 6.45) is 0. The lowest BCUT2D eigenvalue weighted by atomic mass is 10.3. The van der Waals surface area contributed by atoms with Crippen LogP contribution in [-0.2, 0) is 16.1 Å². The molecule has 0 N–H and O–H groups in total. The number of methoxy groups -OCH3 is 1. The molecular formula is C15H11BrN2O3S2. The van der Waals surface area contributed by atoms with E-state index in [4.69, 9.17) is 4.74 Å². The second-order valence-electron chi connectivity index (χ2n) is 4.54. The van der Waals surface area contributed by atoms with Gasteiger partial charge in [-0.05, 0) is 40.2 Å². The molecule has 0 saturated heterocycles. The topological polar surface area (TPSA) is 60.7 Å². The molecule has 5 nitrogen and oxygen atoms in total. The number of amides is 1. The van der Waals surface area contributed by atoms with Gasteiger partial charge in [0.15, 0.2) is 4.80 Å².